The van der Waals surface area contributed by atoms with Crippen LogP contribution in [0.25, 0.3) is 0 Å². The normalized spacial score (nSPS) is 11.9. The minimum Gasteiger partial charge on any atom is -0.305 e. The van der Waals surface area contributed by atoms with Crippen LogP contribution in [-0.2, 0) is 6.42 Å². The van der Waals surface area contributed by atoms with Crippen molar-refractivity contribution in [3.05, 3.63) is 35.9 Å². The molecule has 0 heterocycles. The van der Waals surface area contributed by atoms with Gasteiger partial charge < -0.3 is 5.43 Å². The minimum atomic E-state index is 0.0488. The summed E-state index contributed by atoms with van der Waals surface area (Å²) < 4.78 is 0. The maximum Gasteiger partial charge on any atom is 0.0464 e. The topological polar surface area (TPSA) is 24.4 Å². The van der Waals surface area contributed by atoms with E-state index in [1.165, 1.54) is 5.56 Å². The Morgan fingerprint density at radius 1 is 1.21 bits per heavy atom. The van der Waals surface area contributed by atoms with Crippen molar-refractivity contribution in [2.45, 2.75) is 32.7 Å². The monoisotopic (exact) mass is 190 g/mol. The minimum absolute atomic E-state index is 0.0488. The van der Waals surface area contributed by atoms with Crippen molar-refractivity contribution >= 4 is 6.21 Å². The standard InChI is InChI=1S/C12H18N2/c1-12(2,3)14-13-10-9-11-7-5-4-6-8-11/h4-8,10,14H,9H2,1-3H3/b13-10-. The van der Waals surface area contributed by atoms with E-state index in [4.69, 9.17) is 0 Å². The molecule has 0 unspecified atom stereocenters. The lowest BCUT2D eigenvalue weighted by atomic mass is 10.1. The highest BCUT2D eigenvalue weighted by atomic mass is 15.3. The average Bonchev–Trinajstić information content (AvgIpc) is 2.13. The van der Waals surface area contributed by atoms with E-state index in [0.29, 0.717) is 0 Å². The van der Waals surface area contributed by atoms with Gasteiger partial charge in [-0.1, -0.05) is 30.3 Å². The molecule has 2 heteroatoms. The predicted octanol–water partition coefficient (Wildman–Crippen LogP) is 2.60. The van der Waals surface area contributed by atoms with Crippen molar-refractivity contribution in [2.75, 3.05) is 0 Å². The molecule has 0 aliphatic rings. The maximum atomic E-state index is 4.16. The fourth-order valence-electron chi connectivity index (χ4n) is 1.00. The Kier molecular flexibility index (Phi) is 3.69. The van der Waals surface area contributed by atoms with Gasteiger partial charge in [-0.15, -0.1) is 0 Å². The van der Waals surface area contributed by atoms with Crippen LogP contribution >= 0.6 is 0 Å². The third kappa shape index (κ3) is 4.65. The summed E-state index contributed by atoms with van der Waals surface area (Å²) in [6.07, 6.45) is 2.78. The maximum absolute atomic E-state index is 4.16. The summed E-state index contributed by atoms with van der Waals surface area (Å²) in [4.78, 5) is 0. The van der Waals surface area contributed by atoms with Crippen LogP contribution in [0.15, 0.2) is 35.4 Å². The molecule has 1 rings (SSSR count). The van der Waals surface area contributed by atoms with E-state index in [2.05, 4.69) is 43.4 Å². The first-order valence-electron chi connectivity index (χ1n) is 4.90. The Labute approximate surface area is 86.0 Å². The first kappa shape index (κ1) is 10.8. The van der Waals surface area contributed by atoms with Gasteiger partial charge in [-0.2, -0.15) is 5.10 Å². The van der Waals surface area contributed by atoms with Gasteiger partial charge in [-0.25, -0.2) is 0 Å². The number of nitrogens with one attached hydrogen (secondary N) is 1. The van der Waals surface area contributed by atoms with Crippen LogP contribution in [0.4, 0.5) is 0 Å². The number of rotatable bonds is 3. The molecule has 0 saturated carbocycles. The van der Waals surface area contributed by atoms with Gasteiger partial charge in [0.1, 0.15) is 0 Å². The van der Waals surface area contributed by atoms with Crippen molar-refractivity contribution in [3.63, 3.8) is 0 Å². The molecule has 0 bridgehead atoms. The Bertz CT molecular complexity index is 283. The highest BCUT2D eigenvalue weighted by molar-refractivity contribution is 5.61. The fraction of sp³-hybridized carbons (Fsp3) is 0.417. The zero-order valence-corrected chi connectivity index (χ0v) is 9.12. The van der Waals surface area contributed by atoms with Crippen LogP contribution < -0.4 is 5.43 Å². The number of hydrazone groups is 1. The number of nitrogens with zero attached hydrogens (tertiary/aromatic N) is 1. The third-order valence-corrected chi connectivity index (χ3v) is 1.66. The highest BCUT2D eigenvalue weighted by Gasteiger charge is 2.05. The summed E-state index contributed by atoms with van der Waals surface area (Å²) in [7, 11) is 0. The number of hydrogen-bond donors (Lipinski definition) is 1. The molecule has 76 valence electrons. The third-order valence-electron chi connectivity index (χ3n) is 1.66. The second-order valence-electron chi connectivity index (χ2n) is 4.36. The molecule has 0 aromatic heterocycles. The second-order valence-corrected chi connectivity index (χ2v) is 4.36. The van der Waals surface area contributed by atoms with Gasteiger partial charge in [-0.05, 0) is 26.3 Å². The van der Waals surface area contributed by atoms with E-state index in [-0.39, 0.29) is 5.54 Å². The van der Waals surface area contributed by atoms with Gasteiger partial charge in [0.25, 0.3) is 0 Å². The van der Waals surface area contributed by atoms with Gasteiger partial charge in [0.2, 0.25) is 0 Å². The Balaban J connectivity index is 2.35. The SMILES string of the molecule is CC(C)(C)N/N=C\Cc1ccccc1. The Hall–Kier alpha value is -1.31. The second kappa shape index (κ2) is 4.80. The number of hydrogen-bond acceptors (Lipinski definition) is 2. The van der Waals surface area contributed by atoms with E-state index < -0.39 is 0 Å². The van der Waals surface area contributed by atoms with Crippen LogP contribution in [-0.4, -0.2) is 11.8 Å². The zero-order valence-electron chi connectivity index (χ0n) is 9.12. The quantitative estimate of drug-likeness (QED) is 0.575. The molecule has 0 spiro atoms. The molecule has 0 aliphatic carbocycles. The van der Waals surface area contributed by atoms with Gasteiger partial charge in [0.05, 0.1) is 0 Å². The molecule has 14 heavy (non-hydrogen) atoms. The summed E-state index contributed by atoms with van der Waals surface area (Å²) in [5.74, 6) is 0. The lowest BCUT2D eigenvalue weighted by Gasteiger charge is -2.16. The lowest BCUT2D eigenvalue weighted by Crippen LogP contribution is -2.31. The van der Waals surface area contributed by atoms with Crippen molar-refractivity contribution in [1.82, 2.24) is 5.43 Å². The molecule has 1 N–H and O–H groups in total. The first-order valence-corrected chi connectivity index (χ1v) is 4.90. The molecule has 1 aromatic carbocycles. The molecular formula is C12H18N2. The summed E-state index contributed by atoms with van der Waals surface area (Å²) in [6.45, 7) is 6.27. The van der Waals surface area contributed by atoms with Gasteiger partial charge in [-0.3, -0.25) is 0 Å². The van der Waals surface area contributed by atoms with Gasteiger partial charge in [0, 0.05) is 18.2 Å². The lowest BCUT2D eigenvalue weighted by molar-refractivity contribution is 0.442. The predicted molar refractivity (Wildman–Crippen MR) is 61.5 cm³/mol. The van der Waals surface area contributed by atoms with Gasteiger partial charge >= 0.3 is 0 Å². The van der Waals surface area contributed by atoms with Gasteiger partial charge in [0.15, 0.2) is 0 Å². The fourth-order valence-corrected chi connectivity index (χ4v) is 1.00. The molecular weight excluding hydrogens is 172 g/mol. The first-order chi connectivity index (χ1) is 6.58. The molecule has 0 radical (unpaired) electrons. The average molecular weight is 190 g/mol. The Morgan fingerprint density at radius 2 is 1.86 bits per heavy atom. The summed E-state index contributed by atoms with van der Waals surface area (Å²) in [5.41, 5.74) is 4.39. The molecule has 2 nitrogen and oxygen atoms in total. The van der Waals surface area contributed by atoms with E-state index in [0.717, 1.165) is 6.42 Å². The van der Waals surface area contributed by atoms with Crippen LogP contribution in [0.3, 0.4) is 0 Å². The molecule has 0 amide bonds. The largest absolute Gasteiger partial charge is 0.305 e. The van der Waals surface area contributed by atoms with Crippen LogP contribution in [0, 0.1) is 0 Å². The van der Waals surface area contributed by atoms with E-state index in [1.807, 2.05) is 24.4 Å². The van der Waals surface area contributed by atoms with E-state index in [9.17, 15) is 0 Å². The molecule has 1 aromatic rings. The van der Waals surface area contributed by atoms with Crippen molar-refractivity contribution in [3.8, 4) is 0 Å². The van der Waals surface area contributed by atoms with Crippen molar-refractivity contribution in [1.29, 1.82) is 0 Å². The van der Waals surface area contributed by atoms with Crippen LogP contribution in [0.5, 0.6) is 0 Å². The molecule has 0 fully saturated rings. The van der Waals surface area contributed by atoms with E-state index >= 15 is 0 Å². The van der Waals surface area contributed by atoms with Crippen molar-refractivity contribution in [2.24, 2.45) is 5.10 Å². The highest BCUT2D eigenvalue weighted by Crippen LogP contribution is 1.99. The van der Waals surface area contributed by atoms with Crippen LogP contribution in [0.2, 0.25) is 0 Å². The Morgan fingerprint density at radius 3 is 2.43 bits per heavy atom. The molecule has 0 saturated heterocycles. The summed E-state index contributed by atoms with van der Waals surface area (Å²) >= 11 is 0. The number of benzene rings is 1. The molecule has 0 atom stereocenters. The van der Waals surface area contributed by atoms with Crippen molar-refractivity contribution < 1.29 is 0 Å². The zero-order chi connectivity index (χ0) is 10.4. The summed E-state index contributed by atoms with van der Waals surface area (Å²) in [5, 5.41) is 4.16. The summed E-state index contributed by atoms with van der Waals surface area (Å²) in [6, 6.07) is 10.3. The van der Waals surface area contributed by atoms with Crippen LogP contribution in [0.1, 0.15) is 26.3 Å². The molecule has 0 aliphatic heterocycles. The van der Waals surface area contributed by atoms with E-state index in [1.54, 1.807) is 0 Å². The smallest absolute Gasteiger partial charge is 0.0464 e.